The lowest BCUT2D eigenvalue weighted by Crippen LogP contribution is -2.64. The molecule has 10 nitrogen and oxygen atoms in total. The maximum absolute atomic E-state index is 14.6. The molecule has 10 heteroatoms. The molecular weight excluding hydrogens is 522 g/mol. The van der Waals surface area contributed by atoms with Crippen LogP contribution in [0.1, 0.15) is 122 Å². The first kappa shape index (κ1) is 32.7. The highest BCUT2D eigenvalue weighted by Gasteiger charge is 2.59. The molecule has 0 aliphatic heterocycles. The predicted molar refractivity (Wildman–Crippen MR) is 159 cm³/mol. The minimum Gasteiger partial charge on any atom is -0.259 e. The standard InChI is InChI=1S/C31H49N5O5/c1-24(2)15-26(5,6)30(11,18-28(9,16-24)32-19-37)36-22(40)34-21(39)35(23(36)41)29(10)14-13-25(3,4)31(12,33-20-38)27(7,8)17-29/h13-18H2,1-12H3,(H,34,39,40). The summed E-state index contributed by atoms with van der Waals surface area (Å²) in [4.78, 5) is 75.9. The van der Waals surface area contributed by atoms with Crippen molar-refractivity contribution < 1.29 is 9.59 Å². The molecule has 4 atom stereocenters. The fraction of sp³-hybridized carbons (Fsp3) is 0.839. The van der Waals surface area contributed by atoms with Crippen LogP contribution in [-0.2, 0) is 20.7 Å². The topological polar surface area (TPSA) is 136 Å². The van der Waals surface area contributed by atoms with Crippen molar-refractivity contribution >= 4 is 12.2 Å². The Kier molecular flexibility index (Phi) is 7.65. The Morgan fingerprint density at radius 2 is 1.17 bits per heavy atom. The molecule has 41 heavy (non-hydrogen) atoms. The third-order valence-electron chi connectivity index (χ3n) is 11.3. The fourth-order valence-electron chi connectivity index (χ4n) is 9.02. The zero-order valence-corrected chi connectivity index (χ0v) is 27.1. The van der Waals surface area contributed by atoms with Gasteiger partial charge in [0.2, 0.25) is 12.2 Å². The van der Waals surface area contributed by atoms with Crippen molar-refractivity contribution in [3.63, 3.8) is 0 Å². The number of aromatic amines is 1. The van der Waals surface area contributed by atoms with E-state index in [1.54, 1.807) is 12.2 Å². The number of aliphatic imine (C=N–C) groups is 2. The Morgan fingerprint density at radius 3 is 1.71 bits per heavy atom. The van der Waals surface area contributed by atoms with Crippen LogP contribution in [0, 0.1) is 21.7 Å². The molecule has 0 spiro atoms. The minimum atomic E-state index is -1.11. The lowest BCUT2D eigenvalue weighted by Gasteiger charge is -2.50. The predicted octanol–water partition coefficient (Wildman–Crippen LogP) is 4.79. The second-order valence-corrected chi connectivity index (χ2v) is 16.5. The number of hydrogen-bond donors (Lipinski definition) is 1. The van der Waals surface area contributed by atoms with Gasteiger partial charge in [0.25, 0.3) is 0 Å². The summed E-state index contributed by atoms with van der Waals surface area (Å²) in [6, 6.07) is 0. The van der Waals surface area contributed by atoms with E-state index in [0.717, 1.165) is 0 Å². The molecule has 2 aliphatic rings. The van der Waals surface area contributed by atoms with Crippen molar-refractivity contribution in [1.82, 2.24) is 14.1 Å². The number of H-pyrrole nitrogens is 1. The van der Waals surface area contributed by atoms with Gasteiger partial charge in [-0.25, -0.2) is 33.1 Å². The van der Waals surface area contributed by atoms with Crippen LogP contribution >= 0.6 is 0 Å². The highest BCUT2D eigenvalue weighted by Crippen LogP contribution is 2.58. The van der Waals surface area contributed by atoms with Crippen molar-refractivity contribution in [1.29, 1.82) is 0 Å². The second-order valence-electron chi connectivity index (χ2n) is 16.5. The van der Waals surface area contributed by atoms with E-state index >= 15 is 0 Å². The summed E-state index contributed by atoms with van der Waals surface area (Å²) in [7, 11) is 0. The average Bonchev–Trinajstić information content (AvgIpc) is 2.83. The van der Waals surface area contributed by atoms with Crippen molar-refractivity contribution in [2.75, 3.05) is 0 Å². The van der Waals surface area contributed by atoms with Gasteiger partial charge >= 0.3 is 17.1 Å². The number of rotatable bonds is 4. The van der Waals surface area contributed by atoms with Crippen molar-refractivity contribution in [2.45, 2.75) is 144 Å². The van der Waals surface area contributed by atoms with Gasteiger partial charge in [-0.05, 0) is 87.9 Å². The maximum Gasteiger partial charge on any atom is 0.337 e. The molecule has 1 heterocycles. The SMILES string of the molecule is CC1(C)CC(C)(N=C=O)CC(C)(n2c(=O)[nH]c(=O)n(C3(C)CCC(C)(C)C(C)(N=C=O)C(C)(C)C3)c2=O)C(C)(C)C1. The molecule has 0 bridgehead atoms. The highest BCUT2D eigenvalue weighted by molar-refractivity contribution is 5.37. The smallest absolute Gasteiger partial charge is 0.259 e. The van der Waals surface area contributed by atoms with Gasteiger partial charge < -0.3 is 0 Å². The van der Waals surface area contributed by atoms with Gasteiger partial charge in [-0.1, -0.05) is 55.4 Å². The van der Waals surface area contributed by atoms with Gasteiger partial charge in [-0.2, -0.15) is 9.98 Å². The largest absolute Gasteiger partial charge is 0.337 e. The molecule has 1 N–H and O–H groups in total. The number of isocyanates is 2. The Morgan fingerprint density at radius 1 is 0.634 bits per heavy atom. The Hall–Kier alpha value is -2.83. The summed E-state index contributed by atoms with van der Waals surface area (Å²) in [5, 5.41) is 0. The first-order chi connectivity index (χ1) is 18.4. The van der Waals surface area contributed by atoms with Gasteiger partial charge in [0.05, 0.1) is 22.2 Å². The molecule has 3 rings (SSSR count). The Bertz CT molecular complexity index is 1500. The minimum absolute atomic E-state index is 0.230. The molecule has 0 radical (unpaired) electrons. The number of aromatic nitrogens is 3. The van der Waals surface area contributed by atoms with Crippen LogP contribution in [0.3, 0.4) is 0 Å². The zero-order chi connectivity index (χ0) is 31.7. The molecule has 0 amide bonds. The third kappa shape index (κ3) is 5.08. The second kappa shape index (κ2) is 9.60. The van der Waals surface area contributed by atoms with Crippen LogP contribution in [0.25, 0.3) is 0 Å². The Labute approximate surface area is 242 Å². The molecule has 2 saturated carbocycles. The van der Waals surface area contributed by atoms with Crippen LogP contribution in [-0.4, -0.2) is 37.4 Å². The van der Waals surface area contributed by atoms with Crippen molar-refractivity contribution in [3.05, 3.63) is 31.5 Å². The van der Waals surface area contributed by atoms with E-state index in [9.17, 15) is 24.0 Å². The Balaban J connectivity index is 2.38. The highest BCUT2D eigenvalue weighted by atomic mass is 16.2. The van der Waals surface area contributed by atoms with Gasteiger partial charge in [-0.15, -0.1) is 0 Å². The number of hydrogen-bond acceptors (Lipinski definition) is 7. The normalized spacial score (nSPS) is 35.7. The van der Waals surface area contributed by atoms with Gasteiger partial charge in [-0.3, -0.25) is 4.98 Å². The van der Waals surface area contributed by atoms with E-state index in [0.29, 0.717) is 32.1 Å². The summed E-state index contributed by atoms with van der Waals surface area (Å²) in [5.74, 6) is 0. The lowest BCUT2D eigenvalue weighted by molar-refractivity contribution is 0.0369. The molecule has 1 aromatic heterocycles. The number of nitrogens with one attached hydrogen (secondary N) is 1. The molecular formula is C31H49N5O5. The number of nitrogens with zero attached hydrogens (tertiary/aromatic N) is 4. The first-order valence-corrected chi connectivity index (χ1v) is 14.5. The molecule has 2 aliphatic carbocycles. The van der Waals surface area contributed by atoms with E-state index in [1.807, 2.05) is 69.2 Å². The monoisotopic (exact) mass is 571 g/mol. The summed E-state index contributed by atoms with van der Waals surface area (Å²) >= 11 is 0. The van der Waals surface area contributed by atoms with E-state index in [1.165, 1.54) is 9.13 Å². The van der Waals surface area contributed by atoms with Gasteiger partial charge in [0, 0.05) is 0 Å². The zero-order valence-electron chi connectivity index (χ0n) is 27.1. The van der Waals surface area contributed by atoms with E-state index in [2.05, 4.69) is 28.8 Å². The van der Waals surface area contributed by atoms with Crippen LogP contribution < -0.4 is 17.1 Å². The molecule has 1 aromatic rings. The fourth-order valence-corrected chi connectivity index (χ4v) is 9.02. The van der Waals surface area contributed by atoms with Crippen LogP contribution in [0.4, 0.5) is 0 Å². The van der Waals surface area contributed by atoms with Crippen LogP contribution in [0.5, 0.6) is 0 Å². The van der Waals surface area contributed by atoms with Crippen LogP contribution in [0.15, 0.2) is 24.4 Å². The third-order valence-corrected chi connectivity index (χ3v) is 11.3. The summed E-state index contributed by atoms with van der Waals surface area (Å²) in [6.45, 7) is 23.8. The maximum atomic E-state index is 14.6. The summed E-state index contributed by atoms with van der Waals surface area (Å²) in [6.07, 6.45) is 6.31. The molecule has 0 saturated heterocycles. The average molecular weight is 572 g/mol. The van der Waals surface area contributed by atoms with E-state index in [-0.39, 0.29) is 11.8 Å². The molecule has 2 fully saturated rings. The van der Waals surface area contributed by atoms with Crippen molar-refractivity contribution in [2.24, 2.45) is 31.6 Å². The summed E-state index contributed by atoms with van der Waals surface area (Å²) in [5.41, 5.74) is -7.98. The summed E-state index contributed by atoms with van der Waals surface area (Å²) < 4.78 is 2.41. The van der Waals surface area contributed by atoms with Crippen LogP contribution in [0.2, 0.25) is 0 Å². The quantitative estimate of drug-likeness (QED) is 0.315. The van der Waals surface area contributed by atoms with Gasteiger partial charge in [0.15, 0.2) is 0 Å². The molecule has 4 unspecified atom stereocenters. The van der Waals surface area contributed by atoms with E-state index < -0.39 is 55.5 Å². The number of carbonyl (C=O) groups excluding carboxylic acids is 2. The lowest BCUT2D eigenvalue weighted by atomic mass is 9.58. The first-order valence-electron chi connectivity index (χ1n) is 14.5. The van der Waals surface area contributed by atoms with E-state index in [4.69, 9.17) is 0 Å². The molecule has 0 aromatic carbocycles. The van der Waals surface area contributed by atoms with Gasteiger partial charge in [0.1, 0.15) is 0 Å². The van der Waals surface area contributed by atoms with Crippen molar-refractivity contribution in [3.8, 4) is 0 Å². The molecule has 228 valence electrons.